The lowest BCUT2D eigenvalue weighted by Crippen LogP contribution is -2.24. The molecular formula is C25H21ClN2O4. The van der Waals surface area contributed by atoms with Gasteiger partial charge < -0.3 is 9.47 Å². The molecule has 0 atom stereocenters. The molecule has 6 nitrogen and oxygen atoms in total. The van der Waals surface area contributed by atoms with Crippen molar-refractivity contribution in [1.29, 1.82) is 0 Å². The maximum absolute atomic E-state index is 12.1. The van der Waals surface area contributed by atoms with E-state index in [1.807, 2.05) is 18.2 Å². The first-order chi connectivity index (χ1) is 15.5. The third-order valence-corrected chi connectivity index (χ3v) is 4.48. The van der Waals surface area contributed by atoms with Gasteiger partial charge in [0.05, 0.1) is 11.8 Å². The molecule has 0 unspecified atom stereocenters. The molecule has 32 heavy (non-hydrogen) atoms. The van der Waals surface area contributed by atoms with Gasteiger partial charge in [0, 0.05) is 5.02 Å². The zero-order chi connectivity index (χ0) is 22.8. The lowest BCUT2D eigenvalue weighted by Gasteiger charge is -2.09. The third kappa shape index (κ3) is 6.82. The van der Waals surface area contributed by atoms with Crippen molar-refractivity contribution in [2.24, 2.45) is 5.10 Å². The van der Waals surface area contributed by atoms with E-state index in [1.165, 1.54) is 12.3 Å². The van der Waals surface area contributed by atoms with Gasteiger partial charge in [0.15, 0.2) is 6.61 Å². The Bertz CT molecular complexity index is 1130. The number of rotatable bonds is 9. The minimum absolute atomic E-state index is 0.163. The van der Waals surface area contributed by atoms with Crippen LogP contribution in [0.15, 0.2) is 90.6 Å². The van der Waals surface area contributed by atoms with Crippen LogP contribution in [0.2, 0.25) is 5.02 Å². The molecule has 1 N–H and O–H groups in total. The van der Waals surface area contributed by atoms with E-state index in [4.69, 9.17) is 21.1 Å². The largest absolute Gasteiger partial charge is 0.483 e. The SMILES string of the molecule is C=CCc1ccccc1OCC(=O)NN=Cc1ccc(OC(=O)c2cccc(Cl)c2)cc1. The highest BCUT2D eigenvalue weighted by molar-refractivity contribution is 6.30. The first-order valence-corrected chi connectivity index (χ1v) is 10.1. The molecule has 3 rings (SSSR count). The van der Waals surface area contributed by atoms with Gasteiger partial charge >= 0.3 is 5.97 Å². The Morgan fingerprint density at radius 3 is 2.56 bits per heavy atom. The van der Waals surface area contributed by atoms with Crippen molar-refractivity contribution in [3.8, 4) is 11.5 Å². The number of carbonyl (C=O) groups excluding carboxylic acids is 2. The second-order valence-electron chi connectivity index (χ2n) is 6.65. The number of nitrogens with one attached hydrogen (secondary N) is 1. The van der Waals surface area contributed by atoms with Crippen LogP contribution in [-0.2, 0) is 11.2 Å². The number of hydrazone groups is 1. The molecule has 0 spiro atoms. The number of benzene rings is 3. The summed E-state index contributed by atoms with van der Waals surface area (Å²) < 4.78 is 10.9. The number of nitrogens with zero attached hydrogens (tertiary/aromatic N) is 1. The van der Waals surface area contributed by atoms with Crippen LogP contribution < -0.4 is 14.9 Å². The van der Waals surface area contributed by atoms with E-state index < -0.39 is 5.97 Å². The fourth-order valence-corrected chi connectivity index (χ4v) is 2.92. The first-order valence-electron chi connectivity index (χ1n) is 9.76. The fraction of sp³-hybridized carbons (Fsp3) is 0.0800. The summed E-state index contributed by atoms with van der Waals surface area (Å²) in [6.45, 7) is 3.55. The monoisotopic (exact) mass is 448 g/mol. The Labute approximate surface area is 191 Å². The fourth-order valence-electron chi connectivity index (χ4n) is 2.73. The summed E-state index contributed by atoms with van der Waals surface area (Å²) in [6, 6.07) is 20.7. The highest BCUT2D eigenvalue weighted by atomic mass is 35.5. The van der Waals surface area contributed by atoms with Crippen molar-refractivity contribution >= 4 is 29.7 Å². The maximum Gasteiger partial charge on any atom is 0.343 e. The zero-order valence-corrected chi connectivity index (χ0v) is 17.9. The average Bonchev–Trinajstić information content (AvgIpc) is 2.80. The van der Waals surface area contributed by atoms with Gasteiger partial charge in [-0.2, -0.15) is 5.10 Å². The molecule has 162 valence electrons. The standard InChI is InChI=1S/C25H21ClN2O4/c1-2-6-19-7-3-4-10-23(19)31-17-24(29)28-27-16-18-11-13-22(14-12-18)32-25(30)20-8-5-9-21(26)15-20/h2-5,7-16H,1,6,17H2,(H,28,29). The summed E-state index contributed by atoms with van der Waals surface area (Å²) in [6.07, 6.45) is 3.91. The molecule has 0 heterocycles. The van der Waals surface area contributed by atoms with Gasteiger partial charge in [-0.3, -0.25) is 4.79 Å². The first kappa shape index (κ1) is 22.8. The van der Waals surface area contributed by atoms with Crippen LogP contribution in [0, 0.1) is 0 Å². The molecule has 1 amide bonds. The van der Waals surface area contributed by atoms with Crippen LogP contribution in [0.3, 0.4) is 0 Å². The van der Waals surface area contributed by atoms with Crippen molar-refractivity contribution in [2.45, 2.75) is 6.42 Å². The molecule has 7 heteroatoms. The lowest BCUT2D eigenvalue weighted by atomic mass is 10.1. The number of hydrogen-bond donors (Lipinski definition) is 1. The summed E-state index contributed by atoms with van der Waals surface area (Å²) in [5.74, 6) is 0.120. The Morgan fingerprint density at radius 2 is 1.81 bits per heavy atom. The van der Waals surface area contributed by atoms with Crippen LogP contribution in [0.25, 0.3) is 0 Å². The second-order valence-corrected chi connectivity index (χ2v) is 7.09. The number of carbonyl (C=O) groups is 2. The molecular weight excluding hydrogens is 428 g/mol. The Kier molecular flexibility index (Phi) is 8.17. The molecule has 3 aromatic carbocycles. The molecule has 0 fully saturated rings. The number of hydrogen-bond acceptors (Lipinski definition) is 5. The van der Waals surface area contributed by atoms with Crippen molar-refractivity contribution < 1.29 is 19.1 Å². The van der Waals surface area contributed by atoms with Gasteiger partial charge in [-0.05, 0) is 66.1 Å². The van der Waals surface area contributed by atoms with Crippen LogP contribution in [0.1, 0.15) is 21.5 Å². The van der Waals surface area contributed by atoms with E-state index in [2.05, 4.69) is 17.1 Å². The number of esters is 1. The molecule has 0 aromatic heterocycles. The van der Waals surface area contributed by atoms with Crippen LogP contribution in [0.4, 0.5) is 0 Å². The maximum atomic E-state index is 12.1. The summed E-state index contributed by atoms with van der Waals surface area (Å²) in [7, 11) is 0. The van der Waals surface area contributed by atoms with Gasteiger partial charge in [0.25, 0.3) is 5.91 Å². The molecule has 0 aliphatic carbocycles. The molecule has 0 saturated carbocycles. The van der Waals surface area contributed by atoms with E-state index in [9.17, 15) is 9.59 Å². The minimum Gasteiger partial charge on any atom is -0.483 e. The van der Waals surface area contributed by atoms with Crippen molar-refractivity contribution in [3.63, 3.8) is 0 Å². The summed E-state index contributed by atoms with van der Waals surface area (Å²) in [4.78, 5) is 24.1. The van der Waals surface area contributed by atoms with Gasteiger partial charge in [-0.1, -0.05) is 41.9 Å². The average molecular weight is 449 g/mol. The van der Waals surface area contributed by atoms with E-state index >= 15 is 0 Å². The molecule has 0 radical (unpaired) electrons. The number of allylic oxidation sites excluding steroid dienone is 1. The second kappa shape index (κ2) is 11.5. The predicted octanol–water partition coefficient (Wildman–Crippen LogP) is 4.82. The summed E-state index contributed by atoms with van der Waals surface area (Å²) in [5.41, 5.74) is 4.44. The summed E-state index contributed by atoms with van der Waals surface area (Å²) >= 11 is 5.89. The zero-order valence-electron chi connectivity index (χ0n) is 17.2. The van der Waals surface area contributed by atoms with Crippen molar-refractivity contribution in [3.05, 3.63) is 107 Å². The number of amides is 1. The van der Waals surface area contributed by atoms with Crippen molar-refractivity contribution in [2.75, 3.05) is 6.61 Å². The molecule has 3 aromatic rings. The smallest absolute Gasteiger partial charge is 0.343 e. The highest BCUT2D eigenvalue weighted by Crippen LogP contribution is 2.19. The lowest BCUT2D eigenvalue weighted by molar-refractivity contribution is -0.123. The van der Waals surface area contributed by atoms with E-state index in [1.54, 1.807) is 54.6 Å². The van der Waals surface area contributed by atoms with Gasteiger partial charge in [0.2, 0.25) is 0 Å². The summed E-state index contributed by atoms with van der Waals surface area (Å²) in [5, 5.41) is 4.38. The van der Waals surface area contributed by atoms with Crippen LogP contribution in [0.5, 0.6) is 11.5 Å². The number of halogens is 1. The Morgan fingerprint density at radius 1 is 1.03 bits per heavy atom. The van der Waals surface area contributed by atoms with Crippen LogP contribution >= 0.6 is 11.6 Å². The van der Waals surface area contributed by atoms with Crippen molar-refractivity contribution in [1.82, 2.24) is 5.43 Å². The Hall–Kier alpha value is -3.90. The molecule has 0 saturated heterocycles. The van der Waals surface area contributed by atoms with Gasteiger partial charge in [-0.25, -0.2) is 10.2 Å². The quantitative estimate of drug-likeness (QED) is 0.167. The van der Waals surface area contributed by atoms with E-state index in [0.29, 0.717) is 34.1 Å². The van der Waals surface area contributed by atoms with Gasteiger partial charge in [-0.15, -0.1) is 6.58 Å². The molecule has 0 aliphatic heterocycles. The third-order valence-electron chi connectivity index (χ3n) is 4.25. The predicted molar refractivity (Wildman–Crippen MR) is 124 cm³/mol. The highest BCUT2D eigenvalue weighted by Gasteiger charge is 2.09. The molecule has 0 bridgehead atoms. The number of para-hydroxylation sites is 1. The van der Waals surface area contributed by atoms with E-state index in [-0.39, 0.29) is 12.5 Å². The number of ether oxygens (including phenoxy) is 2. The van der Waals surface area contributed by atoms with Crippen LogP contribution in [-0.4, -0.2) is 24.7 Å². The minimum atomic E-state index is -0.504. The normalized spacial score (nSPS) is 10.5. The van der Waals surface area contributed by atoms with Gasteiger partial charge in [0.1, 0.15) is 11.5 Å². The molecule has 0 aliphatic rings. The Balaban J connectivity index is 1.48. The topological polar surface area (TPSA) is 77.0 Å². The van der Waals surface area contributed by atoms with E-state index in [0.717, 1.165) is 5.56 Å².